The highest BCUT2D eigenvalue weighted by atomic mass is 19.1. The summed E-state index contributed by atoms with van der Waals surface area (Å²) in [6.45, 7) is 10.1. The van der Waals surface area contributed by atoms with Gasteiger partial charge in [0.15, 0.2) is 11.8 Å². The van der Waals surface area contributed by atoms with Crippen LogP contribution in [0.25, 0.3) is 0 Å². The van der Waals surface area contributed by atoms with E-state index in [-0.39, 0.29) is 17.3 Å². The van der Waals surface area contributed by atoms with E-state index in [4.69, 9.17) is 4.52 Å². The summed E-state index contributed by atoms with van der Waals surface area (Å²) in [5.74, 6) is 1.69. The van der Waals surface area contributed by atoms with Gasteiger partial charge in [-0.05, 0) is 37.5 Å². The standard InChI is InChI=1S/C21H31FN6O/c1-14-8-9-16(22)17(11-14)28-10-6-7-15(13-28)25-20(23-5)24-12-18-26-19(29-27-18)21(2,3)4/h8-9,11,15H,6-7,10,12-13H2,1-5H3,(H2,23,24,25). The molecule has 158 valence electrons. The highest BCUT2D eigenvalue weighted by Gasteiger charge is 2.24. The molecule has 1 aliphatic heterocycles. The second-order valence-corrected chi connectivity index (χ2v) is 8.58. The van der Waals surface area contributed by atoms with Gasteiger partial charge in [0, 0.05) is 31.6 Å². The van der Waals surface area contributed by atoms with Gasteiger partial charge >= 0.3 is 0 Å². The van der Waals surface area contributed by atoms with E-state index in [0.29, 0.717) is 29.9 Å². The molecule has 29 heavy (non-hydrogen) atoms. The lowest BCUT2D eigenvalue weighted by Gasteiger charge is -2.35. The van der Waals surface area contributed by atoms with Gasteiger partial charge in [0.2, 0.25) is 5.89 Å². The first-order valence-electron chi connectivity index (χ1n) is 10.1. The van der Waals surface area contributed by atoms with Crippen molar-refractivity contribution in [2.75, 3.05) is 25.0 Å². The number of halogens is 1. The Hall–Kier alpha value is -2.64. The number of nitrogens with zero attached hydrogens (tertiary/aromatic N) is 4. The van der Waals surface area contributed by atoms with Crippen molar-refractivity contribution in [3.8, 4) is 0 Å². The van der Waals surface area contributed by atoms with Crippen LogP contribution in [-0.2, 0) is 12.0 Å². The number of piperidine rings is 1. The average Bonchev–Trinajstić information content (AvgIpc) is 3.17. The third-order valence-electron chi connectivity index (χ3n) is 4.95. The Morgan fingerprint density at radius 3 is 2.86 bits per heavy atom. The zero-order valence-electron chi connectivity index (χ0n) is 17.9. The van der Waals surface area contributed by atoms with Crippen molar-refractivity contribution in [3.63, 3.8) is 0 Å². The fraction of sp³-hybridized carbons (Fsp3) is 0.571. The Labute approximate surface area is 171 Å². The largest absolute Gasteiger partial charge is 0.367 e. The molecular formula is C21H31FN6O. The van der Waals surface area contributed by atoms with Gasteiger partial charge in [-0.15, -0.1) is 0 Å². The van der Waals surface area contributed by atoms with Gasteiger partial charge in [-0.3, -0.25) is 4.99 Å². The number of nitrogens with one attached hydrogen (secondary N) is 2. The summed E-state index contributed by atoms with van der Waals surface area (Å²) in [5.41, 5.74) is 1.55. The number of guanidine groups is 1. The predicted molar refractivity (Wildman–Crippen MR) is 113 cm³/mol. The van der Waals surface area contributed by atoms with Crippen LogP contribution in [0.3, 0.4) is 0 Å². The smallest absolute Gasteiger partial charge is 0.232 e. The van der Waals surface area contributed by atoms with E-state index in [2.05, 4.69) is 30.7 Å². The fourth-order valence-electron chi connectivity index (χ4n) is 3.36. The number of anilines is 1. The van der Waals surface area contributed by atoms with E-state index in [1.807, 2.05) is 33.8 Å². The average molecular weight is 403 g/mol. The minimum atomic E-state index is -0.179. The highest BCUT2D eigenvalue weighted by molar-refractivity contribution is 5.80. The molecule has 1 unspecified atom stereocenters. The maximum atomic E-state index is 14.3. The number of hydrogen-bond acceptors (Lipinski definition) is 5. The summed E-state index contributed by atoms with van der Waals surface area (Å²) >= 11 is 0. The molecule has 2 heterocycles. The summed E-state index contributed by atoms with van der Waals surface area (Å²) in [5, 5.41) is 10.7. The summed E-state index contributed by atoms with van der Waals surface area (Å²) in [6.07, 6.45) is 1.99. The normalized spacial score (nSPS) is 18.1. The van der Waals surface area contributed by atoms with Gasteiger partial charge in [-0.2, -0.15) is 4.98 Å². The molecular weight excluding hydrogens is 371 g/mol. The molecule has 0 saturated carbocycles. The first kappa shape index (κ1) is 21.1. The first-order chi connectivity index (χ1) is 13.8. The van der Waals surface area contributed by atoms with Crippen molar-refractivity contribution in [2.24, 2.45) is 4.99 Å². The molecule has 1 atom stereocenters. The van der Waals surface area contributed by atoms with Crippen LogP contribution in [0.4, 0.5) is 10.1 Å². The van der Waals surface area contributed by atoms with Gasteiger partial charge in [0.05, 0.1) is 12.2 Å². The van der Waals surface area contributed by atoms with E-state index >= 15 is 0 Å². The van der Waals surface area contributed by atoms with Crippen LogP contribution in [0, 0.1) is 12.7 Å². The quantitative estimate of drug-likeness (QED) is 0.604. The predicted octanol–water partition coefficient (Wildman–Crippen LogP) is 3.15. The number of rotatable bonds is 4. The third-order valence-corrected chi connectivity index (χ3v) is 4.95. The molecule has 7 nitrogen and oxygen atoms in total. The van der Waals surface area contributed by atoms with Crippen molar-refractivity contribution in [1.29, 1.82) is 0 Å². The molecule has 8 heteroatoms. The van der Waals surface area contributed by atoms with Crippen LogP contribution in [0.15, 0.2) is 27.7 Å². The van der Waals surface area contributed by atoms with Crippen molar-refractivity contribution >= 4 is 11.6 Å². The van der Waals surface area contributed by atoms with Crippen LogP contribution in [0.2, 0.25) is 0 Å². The molecule has 2 aromatic rings. The zero-order chi connectivity index (χ0) is 21.0. The molecule has 0 aliphatic carbocycles. The van der Waals surface area contributed by atoms with Crippen LogP contribution >= 0.6 is 0 Å². The van der Waals surface area contributed by atoms with Crippen LogP contribution in [0.1, 0.15) is 50.9 Å². The molecule has 2 N–H and O–H groups in total. The molecule has 1 fully saturated rings. The summed E-state index contributed by atoms with van der Waals surface area (Å²) in [4.78, 5) is 10.8. The lowest BCUT2D eigenvalue weighted by atomic mass is 9.97. The van der Waals surface area contributed by atoms with Crippen molar-refractivity contribution in [2.45, 2.75) is 58.5 Å². The Morgan fingerprint density at radius 2 is 2.17 bits per heavy atom. The van der Waals surface area contributed by atoms with E-state index in [1.54, 1.807) is 19.2 Å². The summed E-state index contributed by atoms with van der Waals surface area (Å²) in [6, 6.07) is 5.42. The monoisotopic (exact) mass is 402 g/mol. The highest BCUT2D eigenvalue weighted by Crippen LogP contribution is 2.24. The van der Waals surface area contributed by atoms with Crippen molar-refractivity contribution in [3.05, 3.63) is 41.3 Å². The topological polar surface area (TPSA) is 78.6 Å². The van der Waals surface area contributed by atoms with Crippen molar-refractivity contribution in [1.82, 2.24) is 20.8 Å². The van der Waals surface area contributed by atoms with Gasteiger partial charge in [0.1, 0.15) is 5.82 Å². The Kier molecular flexibility index (Phi) is 6.39. The number of aromatic nitrogens is 2. The van der Waals surface area contributed by atoms with Gasteiger partial charge in [-0.1, -0.05) is 32.0 Å². The van der Waals surface area contributed by atoms with E-state index < -0.39 is 0 Å². The van der Waals surface area contributed by atoms with E-state index in [9.17, 15) is 4.39 Å². The molecule has 1 saturated heterocycles. The first-order valence-corrected chi connectivity index (χ1v) is 10.1. The lowest BCUT2D eigenvalue weighted by Crippen LogP contribution is -2.51. The second kappa shape index (κ2) is 8.80. The number of hydrogen-bond donors (Lipinski definition) is 2. The van der Waals surface area contributed by atoms with Crippen LogP contribution in [0.5, 0.6) is 0 Å². The SMILES string of the molecule is CN=C(NCc1noc(C(C)(C)C)n1)NC1CCCN(c2cc(C)ccc2F)C1. The Bertz CT molecular complexity index is 857. The zero-order valence-corrected chi connectivity index (χ0v) is 17.9. The van der Waals surface area contributed by atoms with Crippen LogP contribution in [-0.4, -0.2) is 42.3 Å². The maximum absolute atomic E-state index is 14.3. The summed E-state index contributed by atoms with van der Waals surface area (Å²) in [7, 11) is 1.73. The van der Waals surface area contributed by atoms with Gasteiger partial charge in [-0.25, -0.2) is 4.39 Å². The summed E-state index contributed by atoms with van der Waals surface area (Å²) < 4.78 is 19.6. The maximum Gasteiger partial charge on any atom is 0.232 e. The molecule has 0 spiro atoms. The van der Waals surface area contributed by atoms with Gasteiger partial charge in [0.25, 0.3) is 0 Å². The second-order valence-electron chi connectivity index (χ2n) is 8.58. The molecule has 1 aromatic carbocycles. The molecule has 0 amide bonds. The number of benzene rings is 1. The molecule has 0 bridgehead atoms. The van der Waals surface area contributed by atoms with Crippen LogP contribution < -0.4 is 15.5 Å². The van der Waals surface area contributed by atoms with E-state index in [0.717, 1.165) is 31.5 Å². The fourth-order valence-corrected chi connectivity index (χ4v) is 3.36. The molecule has 1 aromatic heterocycles. The minimum absolute atomic E-state index is 0.172. The number of aliphatic imine (C=N–C) groups is 1. The lowest BCUT2D eigenvalue weighted by molar-refractivity contribution is 0.318. The Morgan fingerprint density at radius 1 is 1.38 bits per heavy atom. The van der Waals surface area contributed by atoms with E-state index in [1.165, 1.54) is 0 Å². The minimum Gasteiger partial charge on any atom is -0.367 e. The van der Waals surface area contributed by atoms with Gasteiger partial charge < -0.3 is 20.1 Å². The number of aryl methyl sites for hydroxylation is 1. The third kappa shape index (κ3) is 5.46. The molecule has 1 aliphatic rings. The molecule has 3 rings (SSSR count). The Balaban J connectivity index is 1.57. The van der Waals surface area contributed by atoms with Crippen molar-refractivity contribution < 1.29 is 8.91 Å². The molecule has 0 radical (unpaired) electrons.